The van der Waals surface area contributed by atoms with Crippen molar-refractivity contribution < 1.29 is 13.2 Å². The molecule has 1 saturated carbocycles. The number of rotatable bonds is 4. The smallest absolute Gasteiger partial charge is 0.230 e. The van der Waals surface area contributed by atoms with Gasteiger partial charge in [0, 0.05) is 51.7 Å². The van der Waals surface area contributed by atoms with Crippen LogP contribution < -0.4 is 0 Å². The highest BCUT2D eigenvalue weighted by molar-refractivity contribution is 7.90. The van der Waals surface area contributed by atoms with E-state index in [-0.39, 0.29) is 16.1 Å². The summed E-state index contributed by atoms with van der Waals surface area (Å²) in [5.41, 5.74) is -0.356. The predicted octanol–water partition coefficient (Wildman–Crippen LogP) is 1.38. The van der Waals surface area contributed by atoms with Crippen LogP contribution in [0, 0.1) is 16.7 Å². The van der Waals surface area contributed by atoms with Crippen molar-refractivity contribution >= 4 is 15.9 Å². The Kier molecular flexibility index (Phi) is 4.44. The lowest BCUT2D eigenvalue weighted by molar-refractivity contribution is -0.140. The zero-order chi connectivity index (χ0) is 18.7. The summed E-state index contributed by atoms with van der Waals surface area (Å²) in [4.78, 5) is 17.6. The Balaban J connectivity index is 1.58. The second kappa shape index (κ2) is 6.17. The topological polar surface area (TPSA) is 60.9 Å². The molecule has 0 aromatic heterocycles. The van der Waals surface area contributed by atoms with Crippen LogP contribution in [0.25, 0.3) is 0 Å². The van der Waals surface area contributed by atoms with Crippen LogP contribution in [0.3, 0.4) is 0 Å². The van der Waals surface area contributed by atoms with Crippen LogP contribution in [0.2, 0.25) is 0 Å². The summed E-state index contributed by atoms with van der Waals surface area (Å²) < 4.78 is 27.0. The largest absolute Gasteiger partial charge is 0.345 e. The maximum absolute atomic E-state index is 13.2. The van der Waals surface area contributed by atoms with Gasteiger partial charge >= 0.3 is 0 Å². The van der Waals surface area contributed by atoms with Crippen LogP contribution in [0.5, 0.6) is 0 Å². The third-order valence-corrected chi connectivity index (χ3v) is 9.67. The van der Waals surface area contributed by atoms with Crippen LogP contribution in [-0.2, 0) is 14.8 Å². The Labute approximate surface area is 157 Å². The predicted molar refractivity (Wildman–Crippen MR) is 101 cm³/mol. The number of likely N-dealkylation sites (tertiary alicyclic amines) is 2. The zero-order valence-electron chi connectivity index (χ0n) is 16.4. The van der Waals surface area contributed by atoms with Gasteiger partial charge < -0.3 is 9.80 Å². The van der Waals surface area contributed by atoms with E-state index in [2.05, 4.69) is 18.7 Å². The number of sulfonamides is 1. The fraction of sp³-hybridized carbons (Fsp3) is 0.947. The summed E-state index contributed by atoms with van der Waals surface area (Å²) in [5, 5.41) is -0.134. The van der Waals surface area contributed by atoms with E-state index in [9.17, 15) is 13.2 Å². The Morgan fingerprint density at radius 1 is 1.08 bits per heavy atom. The molecule has 4 aliphatic rings. The number of hydrogen-bond donors (Lipinski definition) is 0. The normalized spacial score (nSPS) is 33.2. The maximum Gasteiger partial charge on any atom is 0.230 e. The zero-order valence-corrected chi connectivity index (χ0v) is 17.2. The van der Waals surface area contributed by atoms with Gasteiger partial charge in [0.2, 0.25) is 15.9 Å². The van der Waals surface area contributed by atoms with E-state index in [1.165, 1.54) is 0 Å². The number of fused-ring (bicyclic) bond motifs is 1. The Bertz CT molecular complexity index is 680. The quantitative estimate of drug-likeness (QED) is 0.736. The lowest BCUT2D eigenvalue weighted by atomic mass is 9.60. The number of amides is 1. The van der Waals surface area contributed by atoms with E-state index in [1.54, 1.807) is 4.31 Å². The monoisotopic (exact) mass is 383 g/mol. The molecule has 0 bridgehead atoms. The molecule has 3 aliphatic heterocycles. The highest BCUT2D eigenvalue weighted by Crippen LogP contribution is 2.58. The minimum absolute atomic E-state index is 0.0562. The molecule has 3 heterocycles. The van der Waals surface area contributed by atoms with Crippen LogP contribution >= 0.6 is 0 Å². The van der Waals surface area contributed by atoms with E-state index in [4.69, 9.17) is 0 Å². The van der Waals surface area contributed by atoms with Crippen molar-refractivity contribution in [1.29, 1.82) is 0 Å². The standard InChI is InChI=1S/C19H33N3O3S/c1-15(2)12-21-13-18(19(14-21)8-9-20(3)17(19)23)6-10-22(11-7-18)26(24,25)16-4-5-16/h15-16H,4-14H2,1-3H3. The average molecular weight is 384 g/mol. The Morgan fingerprint density at radius 2 is 1.73 bits per heavy atom. The number of carbonyl (C=O) groups excluding carboxylic acids is 1. The minimum atomic E-state index is -3.10. The van der Waals surface area contributed by atoms with Gasteiger partial charge in [0.05, 0.1) is 10.7 Å². The van der Waals surface area contributed by atoms with Crippen molar-refractivity contribution in [2.24, 2.45) is 16.7 Å². The summed E-state index contributed by atoms with van der Waals surface area (Å²) in [6.45, 7) is 9.28. The highest BCUT2D eigenvalue weighted by atomic mass is 32.2. The van der Waals surface area contributed by atoms with Gasteiger partial charge in [-0.05, 0) is 38.0 Å². The van der Waals surface area contributed by atoms with Gasteiger partial charge in [-0.2, -0.15) is 0 Å². The molecular formula is C19H33N3O3S. The second-order valence-corrected chi connectivity index (χ2v) is 11.8. The first-order chi connectivity index (χ1) is 12.2. The molecule has 1 atom stereocenters. The summed E-state index contributed by atoms with van der Waals surface area (Å²) in [6.07, 6.45) is 4.21. The van der Waals surface area contributed by atoms with Gasteiger partial charge in [-0.15, -0.1) is 0 Å². The van der Waals surface area contributed by atoms with E-state index in [0.29, 0.717) is 24.9 Å². The van der Waals surface area contributed by atoms with Crippen LogP contribution in [0.15, 0.2) is 0 Å². The molecular weight excluding hydrogens is 350 g/mol. The van der Waals surface area contributed by atoms with Crippen molar-refractivity contribution in [3.63, 3.8) is 0 Å². The number of nitrogens with zero attached hydrogens (tertiary/aromatic N) is 3. The van der Waals surface area contributed by atoms with Crippen molar-refractivity contribution in [3.05, 3.63) is 0 Å². The molecule has 3 saturated heterocycles. The van der Waals surface area contributed by atoms with E-state index in [0.717, 1.165) is 58.3 Å². The number of piperidine rings is 1. The SMILES string of the molecule is CC(C)CN1CC2(CCN(S(=O)(=O)C3CC3)CC2)C2(CCN(C)C2=O)C1. The average Bonchev–Trinajstić information content (AvgIpc) is 3.34. The fourth-order valence-corrected chi connectivity index (χ4v) is 7.63. The summed E-state index contributed by atoms with van der Waals surface area (Å²) in [6, 6.07) is 0. The second-order valence-electron chi connectivity index (χ2n) is 9.55. The van der Waals surface area contributed by atoms with Crippen molar-refractivity contribution in [3.8, 4) is 0 Å². The molecule has 26 heavy (non-hydrogen) atoms. The van der Waals surface area contributed by atoms with Gasteiger partial charge in [0.1, 0.15) is 0 Å². The first kappa shape index (κ1) is 18.7. The van der Waals surface area contributed by atoms with Gasteiger partial charge in [0.25, 0.3) is 0 Å². The van der Waals surface area contributed by atoms with Crippen LogP contribution in [-0.4, -0.2) is 80.0 Å². The molecule has 4 fully saturated rings. The third kappa shape index (κ3) is 2.73. The summed E-state index contributed by atoms with van der Waals surface area (Å²) in [5.74, 6) is 0.869. The molecule has 0 aromatic carbocycles. The van der Waals surface area contributed by atoms with Crippen molar-refractivity contribution in [1.82, 2.24) is 14.1 Å². The summed E-state index contributed by atoms with van der Waals surface area (Å²) >= 11 is 0. The molecule has 1 amide bonds. The third-order valence-electron chi connectivity index (χ3n) is 7.27. The molecule has 6 nitrogen and oxygen atoms in total. The van der Waals surface area contributed by atoms with Crippen LogP contribution in [0.1, 0.15) is 46.0 Å². The molecule has 7 heteroatoms. The fourth-order valence-electron chi connectivity index (χ4n) is 5.78. The Hall–Kier alpha value is -0.660. The van der Waals surface area contributed by atoms with Gasteiger partial charge in [0.15, 0.2) is 0 Å². The van der Waals surface area contributed by atoms with Crippen molar-refractivity contribution in [2.45, 2.75) is 51.2 Å². The molecule has 0 aromatic rings. The van der Waals surface area contributed by atoms with E-state index in [1.807, 2.05) is 11.9 Å². The molecule has 1 unspecified atom stereocenters. The molecule has 1 aliphatic carbocycles. The lowest BCUT2D eigenvalue weighted by Gasteiger charge is -2.46. The lowest BCUT2D eigenvalue weighted by Crippen LogP contribution is -2.53. The first-order valence-corrected chi connectivity index (χ1v) is 11.7. The molecule has 148 valence electrons. The molecule has 0 N–H and O–H groups in total. The van der Waals surface area contributed by atoms with Gasteiger partial charge in [-0.3, -0.25) is 4.79 Å². The van der Waals surface area contributed by atoms with E-state index >= 15 is 0 Å². The van der Waals surface area contributed by atoms with E-state index < -0.39 is 10.0 Å². The minimum Gasteiger partial charge on any atom is -0.345 e. The first-order valence-electron chi connectivity index (χ1n) is 10.2. The van der Waals surface area contributed by atoms with Crippen LogP contribution in [0.4, 0.5) is 0 Å². The number of carbonyl (C=O) groups is 1. The molecule has 0 radical (unpaired) electrons. The number of hydrogen-bond acceptors (Lipinski definition) is 4. The van der Waals surface area contributed by atoms with Gasteiger partial charge in [-0.1, -0.05) is 13.8 Å². The van der Waals surface area contributed by atoms with Crippen molar-refractivity contribution in [2.75, 3.05) is 46.3 Å². The Morgan fingerprint density at radius 3 is 2.23 bits per heavy atom. The van der Waals surface area contributed by atoms with Gasteiger partial charge in [-0.25, -0.2) is 12.7 Å². The molecule has 4 rings (SSSR count). The highest BCUT2D eigenvalue weighted by Gasteiger charge is 2.65. The maximum atomic E-state index is 13.2. The summed E-state index contributed by atoms with van der Waals surface area (Å²) in [7, 11) is -1.18. The molecule has 2 spiro atoms.